The van der Waals surface area contributed by atoms with Crippen molar-refractivity contribution in [3.05, 3.63) is 41.9 Å². The van der Waals surface area contributed by atoms with Crippen molar-refractivity contribution in [3.63, 3.8) is 0 Å². The van der Waals surface area contributed by atoms with E-state index >= 15 is 0 Å². The van der Waals surface area contributed by atoms with Crippen molar-refractivity contribution in [1.82, 2.24) is 9.97 Å². The fourth-order valence-electron chi connectivity index (χ4n) is 2.69. The van der Waals surface area contributed by atoms with Crippen LogP contribution in [0.2, 0.25) is 0 Å². The number of hydrogen-bond acceptors (Lipinski definition) is 5. The predicted octanol–water partition coefficient (Wildman–Crippen LogP) is 2.29. The molecule has 3 rings (SSSR count). The molecule has 0 N–H and O–H groups in total. The van der Waals surface area contributed by atoms with E-state index in [1.54, 1.807) is 26.6 Å². The van der Waals surface area contributed by atoms with Gasteiger partial charge in [0.25, 0.3) is 0 Å². The molecule has 1 atom stereocenters. The van der Waals surface area contributed by atoms with Crippen LogP contribution in [0.25, 0.3) is 0 Å². The average molecular weight is 286 g/mol. The van der Waals surface area contributed by atoms with Gasteiger partial charge in [-0.1, -0.05) is 12.1 Å². The summed E-state index contributed by atoms with van der Waals surface area (Å²) in [6.07, 6.45) is 5.05. The topological polar surface area (TPSA) is 53.5 Å². The Kier molecular flexibility index (Phi) is 3.90. The molecule has 110 valence electrons. The first-order valence-electron chi connectivity index (χ1n) is 6.94. The van der Waals surface area contributed by atoms with Crippen molar-refractivity contribution < 1.29 is 14.2 Å². The Labute approximate surface area is 123 Å². The fraction of sp³-hybridized carbons (Fsp3) is 0.375. The van der Waals surface area contributed by atoms with E-state index in [2.05, 4.69) is 16.0 Å². The summed E-state index contributed by atoms with van der Waals surface area (Å²) >= 11 is 0. The first-order chi connectivity index (χ1) is 10.3. The molecular weight excluding hydrogens is 268 g/mol. The van der Waals surface area contributed by atoms with Gasteiger partial charge in [-0.05, 0) is 18.1 Å². The normalized spacial score (nSPS) is 16.8. The van der Waals surface area contributed by atoms with Gasteiger partial charge in [0.1, 0.15) is 5.69 Å². The Bertz CT molecular complexity index is 631. The molecule has 0 saturated carbocycles. The Morgan fingerprint density at radius 1 is 1.19 bits per heavy atom. The summed E-state index contributed by atoms with van der Waals surface area (Å²) in [5.41, 5.74) is 2.05. The third-order valence-corrected chi connectivity index (χ3v) is 3.66. The summed E-state index contributed by atoms with van der Waals surface area (Å²) in [6, 6.07) is 6.00. The number of hydrogen-bond donors (Lipinski definition) is 0. The summed E-state index contributed by atoms with van der Waals surface area (Å²) in [6.45, 7) is 0.646. The number of methoxy groups -OCH3 is 2. The van der Waals surface area contributed by atoms with Crippen LogP contribution in [0.4, 0.5) is 0 Å². The summed E-state index contributed by atoms with van der Waals surface area (Å²) in [5.74, 6) is 2.61. The lowest BCUT2D eigenvalue weighted by atomic mass is 9.92. The molecule has 21 heavy (non-hydrogen) atoms. The quantitative estimate of drug-likeness (QED) is 0.863. The van der Waals surface area contributed by atoms with Crippen molar-refractivity contribution in [1.29, 1.82) is 0 Å². The second-order valence-corrected chi connectivity index (χ2v) is 5.05. The standard InChI is InChI=1S/C16H18N2O3/c1-19-14-5-3-4-12-8-11(10-21-15(12)14)9-13-16(20-2)18-7-6-17-13/h3-7,11H,8-10H2,1-2H3/t11-/m1/s1. The van der Waals surface area contributed by atoms with Gasteiger partial charge in [0, 0.05) is 24.7 Å². The number of fused-ring (bicyclic) bond motifs is 1. The number of benzene rings is 1. The second kappa shape index (κ2) is 5.99. The Balaban J connectivity index is 1.78. The molecule has 1 aliphatic rings. The van der Waals surface area contributed by atoms with E-state index in [-0.39, 0.29) is 0 Å². The Morgan fingerprint density at radius 2 is 2.05 bits per heavy atom. The van der Waals surface area contributed by atoms with Crippen LogP contribution in [0, 0.1) is 5.92 Å². The van der Waals surface area contributed by atoms with Gasteiger partial charge in [-0.2, -0.15) is 0 Å². The second-order valence-electron chi connectivity index (χ2n) is 5.05. The first kappa shape index (κ1) is 13.7. The number of nitrogens with zero attached hydrogens (tertiary/aromatic N) is 2. The fourth-order valence-corrected chi connectivity index (χ4v) is 2.69. The molecule has 2 aromatic rings. The molecule has 0 saturated heterocycles. The smallest absolute Gasteiger partial charge is 0.235 e. The molecule has 1 aromatic heterocycles. The highest BCUT2D eigenvalue weighted by atomic mass is 16.5. The zero-order valence-corrected chi connectivity index (χ0v) is 12.2. The van der Waals surface area contributed by atoms with E-state index < -0.39 is 0 Å². The van der Waals surface area contributed by atoms with Gasteiger partial charge in [0.15, 0.2) is 11.5 Å². The van der Waals surface area contributed by atoms with Crippen LogP contribution in [-0.4, -0.2) is 30.8 Å². The SMILES string of the molecule is COc1cccc2c1OC[C@@H](Cc1nccnc1OC)C2. The Morgan fingerprint density at radius 3 is 2.86 bits per heavy atom. The van der Waals surface area contributed by atoms with Crippen LogP contribution in [0.1, 0.15) is 11.3 Å². The average Bonchev–Trinajstić information content (AvgIpc) is 2.54. The molecule has 5 nitrogen and oxygen atoms in total. The van der Waals surface area contributed by atoms with Gasteiger partial charge in [-0.25, -0.2) is 4.98 Å². The van der Waals surface area contributed by atoms with Gasteiger partial charge in [0.05, 0.1) is 20.8 Å². The van der Waals surface area contributed by atoms with E-state index in [4.69, 9.17) is 14.2 Å². The zero-order valence-electron chi connectivity index (χ0n) is 12.2. The maximum Gasteiger partial charge on any atom is 0.235 e. The van der Waals surface area contributed by atoms with Crippen LogP contribution in [0.3, 0.4) is 0 Å². The highest BCUT2D eigenvalue weighted by molar-refractivity contribution is 5.47. The lowest BCUT2D eigenvalue weighted by molar-refractivity contribution is 0.209. The molecule has 5 heteroatoms. The van der Waals surface area contributed by atoms with Crippen LogP contribution < -0.4 is 14.2 Å². The molecule has 0 spiro atoms. The molecule has 0 aliphatic carbocycles. The van der Waals surface area contributed by atoms with Crippen LogP contribution >= 0.6 is 0 Å². The minimum Gasteiger partial charge on any atom is -0.493 e. The monoisotopic (exact) mass is 286 g/mol. The molecule has 0 fully saturated rings. The van der Waals surface area contributed by atoms with Crippen LogP contribution in [0.15, 0.2) is 30.6 Å². The molecule has 0 radical (unpaired) electrons. The summed E-state index contributed by atoms with van der Waals surface area (Å²) in [5, 5.41) is 0. The minimum atomic E-state index is 0.357. The molecule has 0 bridgehead atoms. The molecular formula is C16H18N2O3. The zero-order chi connectivity index (χ0) is 14.7. The van der Waals surface area contributed by atoms with Crippen molar-refractivity contribution in [3.8, 4) is 17.4 Å². The minimum absolute atomic E-state index is 0.357. The number of para-hydroxylation sites is 1. The van der Waals surface area contributed by atoms with Crippen LogP contribution in [0.5, 0.6) is 17.4 Å². The number of ether oxygens (including phenoxy) is 3. The maximum absolute atomic E-state index is 5.89. The van der Waals surface area contributed by atoms with Gasteiger partial charge in [-0.3, -0.25) is 4.98 Å². The molecule has 0 amide bonds. The lowest BCUT2D eigenvalue weighted by Gasteiger charge is -2.26. The Hall–Kier alpha value is -2.30. The highest BCUT2D eigenvalue weighted by Gasteiger charge is 2.24. The van der Waals surface area contributed by atoms with E-state index in [9.17, 15) is 0 Å². The summed E-state index contributed by atoms with van der Waals surface area (Å²) < 4.78 is 16.5. The van der Waals surface area contributed by atoms with Crippen molar-refractivity contribution in [2.75, 3.05) is 20.8 Å². The largest absolute Gasteiger partial charge is 0.493 e. The van der Waals surface area contributed by atoms with E-state index in [0.717, 1.165) is 30.0 Å². The van der Waals surface area contributed by atoms with Crippen molar-refractivity contribution in [2.24, 2.45) is 5.92 Å². The van der Waals surface area contributed by atoms with E-state index in [1.165, 1.54) is 5.56 Å². The van der Waals surface area contributed by atoms with E-state index in [1.807, 2.05) is 12.1 Å². The summed E-state index contributed by atoms with van der Waals surface area (Å²) in [7, 11) is 3.28. The highest BCUT2D eigenvalue weighted by Crippen LogP contribution is 2.36. The van der Waals surface area contributed by atoms with Gasteiger partial charge in [-0.15, -0.1) is 0 Å². The van der Waals surface area contributed by atoms with Crippen LogP contribution in [-0.2, 0) is 12.8 Å². The summed E-state index contributed by atoms with van der Waals surface area (Å²) in [4.78, 5) is 8.55. The first-order valence-corrected chi connectivity index (χ1v) is 6.94. The van der Waals surface area contributed by atoms with Crippen molar-refractivity contribution >= 4 is 0 Å². The molecule has 0 unspecified atom stereocenters. The maximum atomic E-state index is 5.89. The van der Waals surface area contributed by atoms with Crippen molar-refractivity contribution in [2.45, 2.75) is 12.8 Å². The molecule has 1 aliphatic heterocycles. The van der Waals surface area contributed by atoms with Gasteiger partial charge in [0.2, 0.25) is 5.88 Å². The molecule has 1 aromatic carbocycles. The number of rotatable bonds is 4. The molecule has 2 heterocycles. The predicted molar refractivity (Wildman–Crippen MR) is 78.0 cm³/mol. The number of aromatic nitrogens is 2. The third-order valence-electron chi connectivity index (χ3n) is 3.66. The lowest BCUT2D eigenvalue weighted by Crippen LogP contribution is -2.23. The van der Waals surface area contributed by atoms with Gasteiger partial charge < -0.3 is 14.2 Å². The third kappa shape index (κ3) is 2.77. The van der Waals surface area contributed by atoms with E-state index in [0.29, 0.717) is 18.4 Å². The van der Waals surface area contributed by atoms with Gasteiger partial charge >= 0.3 is 0 Å².